The number of benzene rings is 1. The van der Waals surface area contributed by atoms with Crippen molar-refractivity contribution in [1.29, 1.82) is 0 Å². The van der Waals surface area contributed by atoms with Gasteiger partial charge in [-0.15, -0.1) is 0 Å². The Bertz CT molecular complexity index is 882. The second-order valence-electron chi connectivity index (χ2n) is 6.38. The Balaban J connectivity index is 1.56. The van der Waals surface area contributed by atoms with Gasteiger partial charge in [0.1, 0.15) is 11.4 Å². The lowest BCUT2D eigenvalue weighted by molar-refractivity contribution is 0.157. The molecule has 130 valence electrons. The molecule has 1 N–H and O–H groups in total. The highest BCUT2D eigenvalue weighted by atomic mass is 16.3. The smallest absolute Gasteiger partial charge is 0.322 e. The van der Waals surface area contributed by atoms with Crippen LogP contribution in [0.1, 0.15) is 38.1 Å². The monoisotopic (exact) mass is 338 g/mol. The Morgan fingerprint density at radius 1 is 1.36 bits per heavy atom. The number of nitrogens with zero attached hydrogens (tertiary/aromatic N) is 3. The van der Waals surface area contributed by atoms with E-state index in [-0.39, 0.29) is 12.1 Å². The number of rotatable bonds is 3. The number of hydrogen-bond donors (Lipinski definition) is 1. The summed E-state index contributed by atoms with van der Waals surface area (Å²) in [4.78, 5) is 19.3. The molecule has 0 unspecified atom stereocenters. The summed E-state index contributed by atoms with van der Waals surface area (Å²) in [5, 5.41) is 4.04. The Morgan fingerprint density at radius 2 is 2.28 bits per heavy atom. The van der Waals surface area contributed by atoms with Crippen LogP contribution in [0.5, 0.6) is 0 Å². The number of furan rings is 1. The van der Waals surface area contributed by atoms with E-state index in [0.29, 0.717) is 0 Å². The van der Waals surface area contributed by atoms with Crippen LogP contribution in [0.25, 0.3) is 11.0 Å². The van der Waals surface area contributed by atoms with Crippen LogP contribution < -0.4 is 5.32 Å². The van der Waals surface area contributed by atoms with Gasteiger partial charge in [-0.25, -0.2) is 9.78 Å². The molecule has 4 rings (SSSR count). The lowest BCUT2D eigenvalue weighted by Crippen LogP contribution is -2.42. The molecule has 6 nitrogen and oxygen atoms in total. The van der Waals surface area contributed by atoms with Crippen molar-refractivity contribution in [3.05, 3.63) is 48.7 Å². The third kappa shape index (κ3) is 2.99. The van der Waals surface area contributed by atoms with Crippen LogP contribution in [-0.2, 0) is 6.54 Å². The van der Waals surface area contributed by atoms with Gasteiger partial charge in [0.25, 0.3) is 0 Å². The molecule has 3 heterocycles. The number of likely N-dealkylation sites (tertiary alicyclic amines) is 1. The standard InChI is InChI=1S/C19H22N4O2/c1-2-22-11-9-20-18(22)16-5-3-4-10-23(16)19(24)21-15-7-6-14-8-12-25-17(14)13-15/h6-9,11-13,16H,2-5,10H2,1H3,(H,21,24)/t16-/m1/s1. The summed E-state index contributed by atoms with van der Waals surface area (Å²) < 4.78 is 7.53. The summed E-state index contributed by atoms with van der Waals surface area (Å²) in [6, 6.07) is 7.57. The second-order valence-corrected chi connectivity index (χ2v) is 6.38. The number of amides is 2. The molecule has 3 aromatic rings. The van der Waals surface area contributed by atoms with Gasteiger partial charge in [0.15, 0.2) is 0 Å². The first kappa shape index (κ1) is 15.7. The number of anilines is 1. The van der Waals surface area contributed by atoms with Gasteiger partial charge in [0.05, 0.1) is 12.3 Å². The third-order valence-electron chi connectivity index (χ3n) is 4.86. The van der Waals surface area contributed by atoms with E-state index in [1.54, 1.807) is 6.26 Å². The fourth-order valence-corrected chi connectivity index (χ4v) is 3.56. The topological polar surface area (TPSA) is 63.3 Å². The largest absolute Gasteiger partial charge is 0.464 e. The van der Waals surface area contributed by atoms with E-state index in [2.05, 4.69) is 21.8 Å². The van der Waals surface area contributed by atoms with Crippen LogP contribution in [0.2, 0.25) is 0 Å². The maximum atomic E-state index is 12.9. The highest BCUT2D eigenvalue weighted by Crippen LogP contribution is 2.31. The van der Waals surface area contributed by atoms with Crippen molar-refractivity contribution in [1.82, 2.24) is 14.5 Å². The predicted molar refractivity (Wildman–Crippen MR) is 96.4 cm³/mol. The minimum Gasteiger partial charge on any atom is -0.464 e. The Kier molecular flexibility index (Phi) is 4.17. The number of piperidine rings is 1. The summed E-state index contributed by atoms with van der Waals surface area (Å²) in [6.45, 7) is 3.70. The maximum Gasteiger partial charge on any atom is 0.322 e. The zero-order valence-electron chi connectivity index (χ0n) is 14.3. The summed E-state index contributed by atoms with van der Waals surface area (Å²) in [5.41, 5.74) is 1.52. The first-order valence-electron chi connectivity index (χ1n) is 8.82. The molecule has 2 amide bonds. The predicted octanol–water partition coefficient (Wildman–Crippen LogP) is 4.41. The van der Waals surface area contributed by atoms with Gasteiger partial charge in [-0.3, -0.25) is 0 Å². The van der Waals surface area contributed by atoms with Gasteiger partial charge < -0.3 is 19.2 Å². The van der Waals surface area contributed by atoms with Gasteiger partial charge in [0, 0.05) is 42.6 Å². The van der Waals surface area contributed by atoms with Crippen LogP contribution >= 0.6 is 0 Å². The highest BCUT2D eigenvalue weighted by molar-refractivity contribution is 5.92. The van der Waals surface area contributed by atoms with Crippen LogP contribution in [0.3, 0.4) is 0 Å². The quantitative estimate of drug-likeness (QED) is 0.769. The third-order valence-corrected chi connectivity index (χ3v) is 4.86. The molecule has 0 saturated carbocycles. The van der Waals surface area contributed by atoms with Crippen molar-refractivity contribution in [3.8, 4) is 0 Å². The molecule has 6 heteroatoms. The molecule has 0 spiro atoms. The Hall–Kier alpha value is -2.76. The summed E-state index contributed by atoms with van der Waals surface area (Å²) >= 11 is 0. The zero-order valence-corrected chi connectivity index (χ0v) is 14.3. The van der Waals surface area contributed by atoms with Gasteiger partial charge in [-0.2, -0.15) is 0 Å². The van der Waals surface area contributed by atoms with Gasteiger partial charge in [-0.05, 0) is 44.4 Å². The molecule has 1 aliphatic heterocycles. The van der Waals surface area contributed by atoms with Crippen molar-refractivity contribution >= 4 is 22.7 Å². The van der Waals surface area contributed by atoms with Crippen LogP contribution in [-0.4, -0.2) is 27.0 Å². The van der Waals surface area contributed by atoms with Crippen LogP contribution in [0.4, 0.5) is 10.5 Å². The van der Waals surface area contributed by atoms with Crippen molar-refractivity contribution in [2.45, 2.75) is 38.8 Å². The average molecular weight is 338 g/mol. The van der Waals surface area contributed by atoms with Crippen molar-refractivity contribution in [2.75, 3.05) is 11.9 Å². The molecule has 0 bridgehead atoms. The number of carbonyl (C=O) groups excluding carboxylic acids is 1. The summed E-state index contributed by atoms with van der Waals surface area (Å²) in [6.07, 6.45) is 8.53. The number of imidazole rings is 1. The minimum atomic E-state index is -0.0822. The maximum absolute atomic E-state index is 12.9. The van der Waals surface area contributed by atoms with Gasteiger partial charge >= 0.3 is 6.03 Å². The highest BCUT2D eigenvalue weighted by Gasteiger charge is 2.30. The molecule has 0 aliphatic carbocycles. The molecular weight excluding hydrogens is 316 g/mol. The van der Waals surface area contributed by atoms with E-state index >= 15 is 0 Å². The van der Waals surface area contributed by atoms with Crippen molar-refractivity contribution in [3.63, 3.8) is 0 Å². The average Bonchev–Trinajstić information content (AvgIpc) is 3.30. The molecule has 25 heavy (non-hydrogen) atoms. The van der Waals surface area contributed by atoms with E-state index in [4.69, 9.17) is 4.42 Å². The number of nitrogens with one attached hydrogen (secondary N) is 1. The first-order chi connectivity index (χ1) is 12.3. The summed E-state index contributed by atoms with van der Waals surface area (Å²) in [7, 11) is 0. The van der Waals surface area contributed by atoms with Crippen molar-refractivity contribution in [2.24, 2.45) is 0 Å². The Morgan fingerprint density at radius 3 is 3.16 bits per heavy atom. The van der Waals surface area contributed by atoms with Crippen LogP contribution in [0.15, 0.2) is 47.3 Å². The molecule has 1 atom stereocenters. The molecule has 1 fully saturated rings. The van der Waals surface area contributed by atoms with Crippen molar-refractivity contribution < 1.29 is 9.21 Å². The molecule has 1 aromatic carbocycles. The fraction of sp³-hybridized carbons (Fsp3) is 0.368. The number of carbonyl (C=O) groups is 1. The van der Waals surface area contributed by atoms with E-state index in [9.17, 15) is 4.79 Å². The van der Waals surface area contributed by atoms with Crippen LogP contribution in [0, 0.1) is 0 Å². The molecule has 1 aliphatic rings. The fourth-order valence-electron chi connectivity index (χ4n) is 3.56. The SMILES string of the molecule is CCn1ccnc1[C@H]1CCCCN1C(=O)Nc1ccc2ccoc2c1. The van der Waals surface area contributed by atoms with Gasteiger partial charge in [-0.1, -0.05) is 0 Å². The molecule has 1 saturated heterocycles. The van der Waals surface area contributed by atoms with E-state index in [0.717, 1.165) is 54.8 Å². The number of aryl methyl sites for hydroxylation is 1. The van der Waals surface area contributed by atoms with Gasteiger partial charge in [0.2, 0.25) is 0 Å². The molecule has 0 radical (unpaired) electrons. The molecular formula is C19H22N4O2. The Labute approximate surface area is 146 Å². The number of hydrogen-bond acceptors (Lipinski definition) is 3. The zero-order chi connectivity index (χ0) is 17.2. The number of fused-ring (bicyclic) bond motifs is 1. The minimum absolute atomic E-state index is 0.0241. The molecule has 2 aromatic heterocycles. The normalized spacial score (nSPS) is 17.8. The van der Waals surface area contributed by atoms with E-state index < -0.39 is 0 Å². The number of urea groups is 1. The number of aromatic nitrogens is 2. The lowest BCUT2D eigenvalue weighted by atomic mass is 10.0. The summed E-state index contributed by atoms with van der Waals surface area (Å²) in [5.74, 6) is 0.971. The second kappa shape index (κ2) is 6.63. The first-order valence-corrected chi connectivity index (χ1v) is 8.82. The van der Waals surface area contributed by atoms with E-state index in [1.807, 2.05) is 41.6 Å². The van der Waals surface area contributed by atoms with E-state index in [1.165, 1.54) is 0 Å². The lowest BCUT2D eigenvalue weighted by Gasteiger charge is -2.35.